The van der Waals surface area contributed by atoms with Crippen LogP contribution in [0, 0.1) is 0 Å². The third kappa shape index (κ3) is 6.96. The lowest BCUT2D eigenvalue weighted by atomic mass is 9.97. The fourth-order valence-electron chi connectivity index (χ4n) is 4.67. The second-order valence-corrected chi connectivity index (χ2v) is 9.62. The van der Waals surface area contributed by atoms with Crippen LogP contribution in [-0.4, -0.2) is 82.7 Å². The summed E-state index contributed by atoms with van der Waals surface area (Å²) in [5.41, 5.74) is 1.79. The van der Waals surface area contributed by atoms with Gasteiger partial charge in [-0.2, -0.15) is 0 Å². The van der Waals surface area contributed by atoms with Gasteiger partial charge in [-0.3, -0.25) is 4.79 Å². The van der Waals surface area contributed by atoms with Gasteiger partial charge in [-0.15, -0.1) is 0 Å². The van der Waals surface area contributed by atoms with Crippen molar-refractivity contribution in [2.75, 3.05) is 0 Å². The Bertz CT molecular complexity index is 950. The van der Waals surface area contributed by atoms with Crippen LogP contribution in [0.3, 0.4) is 0 Å². The summed E-state index contributed by atoms with van der Waals surface area (Å²) in [5, 5.41) is 31.9. The molecule has 0 aromatic heterocycles. The van der Waals surface area contributed by atoms with Gasteiger partial charge in [0.05, 0.1) is 25.4 Å². The van der Waals surface area contributed by atoms with E-state index in [1.54, 1.807) is 13.8 Å². The number of esters is 1. The molecule has 2 fully saturated rings. The average Bonchev–Trinajstić information content (AvgIpc) is 2.90. The van der Waals surface area contributed by atoms with Crippen molar-refractivity contribution in [2.24, 2.45) is 0 Å². The maximum Gasteiger partial charge on any atom is 0.303 e. The Morgan fingerprint density at radius 3 is 1.84 bits per heavy atom. The second kappa shape index (κ2) is 13.1. The lowest BCUT2D eigenvalue weighted by Crippen LogP contribution is -2.64. The van der Waals surface area contributed by atoms with E-state index in [0.29, 0.717) is 0 Å². The van der Waals surface area contributed by atoms with E-state index in [4.69, 9.17) is 28.4 Å². The van der Waals surface area contributed by atoms with Crippen molar-refractivity contribution in [1.29, 1.82) is 0 Å². The van der Waals surface area contributed by atoms with Crippen LogP contribution in [0.1, 0.15) is 31.9 Å². The summed E-state index contributed by atoms with van der Waals surface area (Å²) < 4.78 is 35.5. The molecule has 0 unspecified atom stereocenters. The van der Waals surface area contributed by atoms with Crippen LogP contribution in [-0.2, 0) is 46.4 Å². The summed E-state index contributed by atoms with van der Waals surface area (Å²) in [6.45, 7) is 4.89. The minimum atomic E-state index is -1.46. The minimum Gasteiger partial charge on any atom is -0.454 e. The molecule has 2 heterocycles. The largest absolute Gasteiger partial charge is 0.454 e. The first kappa shape index (κ1) is 28.6. The molecule has 2 aliphatic rings. The number of aliphatic hydroxyl groups excluding tert-OH is 3. The van der Waals surface area contributed by atoms with E-state index in [-0.39, 0.29) is 13.2 Å². The molecule has 0 radical (unpaired) electrons. The van der Waals surface area contributed by atoms with Gasteiger partial charge in [-0.25, -0.2) is 0 Å². The number of aliphatic hydroxyl groups is 3. The van der Waals surface area contributed by atoms with E-state index in [9.17, 15) is 20.1 Å². The van der Waals surface area contributed by atoms with Crippen molar-refractivity contribution in [1.82, 2.24) is 0 Å². The molecule has 10 atom stereocenters. The lowest BCUT2D eigenvalue weighted by molar-refractivity contribution is -0.359. The lowest BCUT2D eigenvalue weighted by Gasteiger charge is -2.47. The zero-order valence-electron chi connectivity index (χ0n) is 21.7. The minimum absolute atomic E-state index is 0.155. The maximum atomic E-state index is 11.8. The highest BCUT2D eigenvalue weighted by molar-refractivity contribution is 5.66. The first-order valence-corrected chi connectivity index (χ1v) is 12.7. The highest BCUT2D eigenvalue weighted by atomic mass is 16.7. The second-order valence-electron chi connectivity index (χ2n) is 9.62. The summed E-state index contributed by atoms with van der Waals surface area (Å²) >= 11 is 0. The van der Waals surface area contributed by atoms with Crippen LogP contribution >= 0.6 is 0 Å². The summed E-state index contributed by atoms with van der Waals surface area (Å²) in [6.07, 6.45) is -10.9. The standard InChI is InChI=1S/C28H36O10/c1-16-21(30)22(31)24(37-18(3)29)28(36-16)38-25-23(33-14-19-10-6-4-7-11-19)17(2)35-27(32)26(25)34-15-20-12-8-5-9-13-20/h4-13,16-17,21-28,30-32H,14-15H2,1-3H3/t16-,17-,21-,22+,23+,24+,25+,26-,27+,28-/m0/s1. The van der Waals surface area contributed by atoms with Crippen LogP contribution in [0.25, 0.3) is 0 Å². The Balaban J connectivity index is 1.60. The molecule has 0 amide bonds. The summed E-state index contributed by atoms with van der Waals surface area (Å²) in [7, 11) is 0. The first-order valence-electron chi connectivity index (χ1n) is 12.7. The molecule has 3 N–H and O–H groups in total. The van der Waals surface area contributed by atoms with Gasteiger partial charge in [0.2, 0.25) is 0 Å². The van der Waals surface area contributed by atoms with Crippen LogP contribution in [0.15, 0.2) is 60.7 Å². The molecule has 0 bridgehead atoms. The van der Waals surface area contributed by atoms with Gasteiger partial charge in [-0.1, -0.05) is 60.7 Å². The van der Waals surface area contributed by atoms with Gasteiger partial charge in [0.1, 0.15) is 30.5 Å². The van der Waals surface area contributed by atoms with E-state index in [0.717, 1.165) is 11.1 Å². The van der Waals surface area contributed by atoms with Crippen molar-refractivity contribution < 1.29 is 48.5 Å². The number of hydrogen-bond donors (Lipinski definition) is 3. The fraction of sp³-hybridized carbons (Fsp3) is 0.536. The molecule has 0 aliphatic carbocycles. The molecular formula is C28H36O10. The van der Waals surface area contributed by atoms with Crippen molar-refractivity contribution >= 4 is 5.97 Å². The summed E-state index contributed by atoms with van der Waals surface area (Å²) in [6, 6.07) is 19.0. The highest BCUT2D eigenvalue weighted by Crippen LogP contribution is 2.33. The molecule has 4 rings (SSSR count). The van der Waals surface area contributed by atoms with Crippen molar-refractivity contribution in [2.45, 2.75) is 95.4 Å². The molecule has 10 nitrogen and oxygen atoms in total. The van der Waals surface area contributed by atoms with Crippen LogP contribution in [0.4, 0.5) is 0 Å². The van der Waals surface area contributed by atoms with Crippen LogP contribution < -0.4 is 0 Å². The van der Waals surface area contributed by atoms with Gasteiger partial charge in [0, 0.05) is 6.92 Å². The number of ether oxygens (including phenoxy) is 6. The van der Waals surface area contributed by atoms with Crippen molar-refractivity contribution in [3.8, 4) is 0 Å². The molecule has 208 valence electrons. The number of carbonyl (C=O) groups excluding carboxylic acids is 1. The van der Waals surface area contributed by atoms with E-state index in [1.807, 2.05) is 60.7 Å². The molecule has 2 saturated heterocycles. The molecule has 10 heteroatoms. The molecular weight excluding hydrogens is 496 g/mol. The molecule has 0 spiro atoms. The average molecular weight is 533 g/mol. The van der Waals surface area contributed by atoms with E-state index in [2.05, 4.69) is 0 Å². The smallest absolute Gasteiger partial charge is 0.303 e. The third-order valence-electron chi connectivity index (χ3n) is 6.69. The predicted octanol–water partition coefficient (Wildman–Crippen LogP) is 1.68. The number of rotatable bonds is 9. The molecule has 2 aliphatic heterocycles. The van der Waals surface area contributed by atoms with Crippen molar-refractivity contribution in [3.63, 3.8) is 0 Å². The molecule has 2 aromatic rings. The third-order valence-corrected chi connectivity index (χ3v) is 6.69. The Labute approximate surface area is 222 Å². The van der Waals surface area contributed by atoms with Crippen molar-refractivity contribution in [3.05, 3.63) is 71.8 Å². The number of benzene rings is 2. The normalized spacial score (nSPS) is 35.5. The Hall–Kier alpha value is -2.41. The van der Waals surface area contributed by atoms with Crippen LogP contribution in [0.5, 0.6) is 0 Å². The zero-order valence-corrected chi connectivity index (χ0v) is 21.7. The number of hydrogen-bond acceptors (Lipinski definition) is 10. The fourth-order valence-corrected chi connectivity index (χ4v) is 4.67. The highest BCUT2D eigenvalue weighted by Gasteiger charge is 2.52. The van der Waals surface area contributed by atoms with E-state index >= 15 is 0 Å². The summed E-state index contributed by atoms with van der Waals surface area (Å²) in [4.78, 5) is 11.8. The number of carbonyl (C=O) groups is 1. The van der Waals surface area contributed by atoms with Gasteiger partial charge < -0.3 is 43.7 Å². The first-order chi connectivity index (χ1) is 18.2. The van der Waals surface area contributed by atoms with Gasteiger partial charge in [0.25, 0.3) is 0 Å². The van der Waals surface area contributed by atoms with Gasteiger partial charge in [0.15, 0.2) is 18.7 Å². The topological polar surface area (TPSA) is 133 Å². The quantitative estimate of drug-likeness (QED) is 0.410. The monoisotopic (exact) mass is 532 g/mol. The maximum absolute atomic E-state index is 11.8. The SMILES string of the molecule is CC(=O)O[C@H]1[C@H](O[C@@H]2[C@H](OCc3ccccc3)[C@H](C)O[C@@H](O)[C@H]2OCc2ccccc2)O[C@@H](C)[C@H](O)[C@H]1O. The van der Waals surface area contributed by atoms with Crippen LogP contribution in [0.2, 0.25) is 0 Å². The molecule has 0 saturated carbocycles. The van der Waals surface area contributed by atoms with Gasteiger partial charge in [-0.05, 0) is 25.0 Å². The molecule has 38 heavy (non-hydrogen) atoms. The molecule has 2 aromatic carbocycles. The Kier molecular flexibility index (Phi) is 9.85. The Morgan fingerprint density at radius 2 is 1.29 bits per heavy atom. The summed E-state index contributed by atoms with van der Waals surface area (Å²) in [5.74, 6) is -0.679. The zero-order chi connectivity index (χ0) is 27.2. The predicted molar refractivity (Wildman–Crippen MR) is 133 cm³/mol. The van der Waals surface area contributed by atoms with E-state index < -0.39 is 67.4 Å². The van der Waals surface area contributed by atoms with E-state index in [1.165, 1.54) is 6.92 Å². The Morgan fingerprint density at radius 1 is 0.737 bits per heavy atom. The van der Waals surface area contributed by atoms with Gasteiger partial charge >= 0.3 is 5.97 Å².